The standard InChI is InChI=1S/C6H7FN2/c7-5-2-1-3-9-6(5)4-8/h1-3H,4,8H2. The van der Waals surface area contributed by atoms with Gasteiger partial charge in [-0.25, -0.2) is 4.39 Å². The van der Waals surface area contributed by atoms with Gasteiger partial charge < -0.3 is 5.73 Å². The van der Waals surface area contributed by atoms with Gasteiger partial charge in [-0.15, -0.1) is 0 Å². The molecule has 0 saturated heterocycles. The minimum atomic E-state index is -0.333. The first-order chi connectivity index (χ1) is 4.34. The van der Waals surface area contributed by atoms with E-state index >= 15 is 0 Å². The van der Waals surface area contributed by atoms with Gasteiger partial charge in [0.25, 0.3) is 0 Å². The van der Waals surface area contributed by atoms with Gasteiger partial charge in [0.15, 0.2) is 0 Å². The average Bonchev–Trinajstić information content (AvgIpc) is 1.89. The average molecular weight is 126 g/mol. The monoisotopic (exact) mass is 126 g/mol. The lowest BCUT2D eigenvalue weighted by atomic mass is 10.3. The molecule has 1 aromatic heterocycles. The SMILES string of the molecule is NCc1ncccc1F. The van der Waals surface area contributed by atoms with Crippen molar-refractivity contribution in [1.82, 2.24) is 4.98 Å². The van der Waals surface area contributed by atoms with Gasteiger partial charge >= 0.3 is 0 Å². The first-order valence-electron chi connectivity index (χ1n) is 2.64. The van der Waals surface area contributed by atoms with Crippen LogP contribution in [0.5, 0.6) is 0 Å². The fraction of sp³-hybridized carbons (Fsp3) is 0.167. The molecule has 0 amide bonds. The molecule has 1 rings (SSSR count). The summed E-state index contributed by atoms with van der Waals surface area (Å²) >= 11 is 0. The maximum atomic E-state index is 12.4. The maximum Gasteiger partial charge on any atom is 0.146 e. The van der Waals surface area contributed by atoms with Crippen molar-refractivity contribution in [2.75, 3.05) is 0 Å². The van der Waals surface area contributed by atoms with Crippen LogP contribution >= 0.6 is 0 Å². The van der Waals surface area contributed by atoms with Crippen LogP contribution in [0.25, 0.3) is 0 Å². The van der Waals surface area contributed by atoms with Crippen LogP contribution in [-0.2, 0) is 6.54 Å². The van der Waals surface area contributed by atoms with Crippen molar-refractivity contribution < 1.29 is 4.39 Å². The van der Waals surface area contributed by atoms with Gasteiger partial charge in [0, 0.05) is 12.7 Å². The molecule has 0 aromatic carbocycles. The predicted molar refractivity (Wildman–Crippen MR) is 32.1 cm³/mol. The summed E-state index contributed by atoms with van der Waals surface area (Å²) in [6, 6.07) is 2.88. The molecule has 2 N–H and O–H groups in total. The molecule has 0 aliphatic heterocycles. The van der Waals surface area contributed by atoms with E-state index < -0.39 is 0 Å². The summed E-state index contributed by atoms with van der Waals surface area (Å²) in [5.41, 5.74) is 5.47. The van der Waals surface area contributed by atoms with Crippen molar-refractivity contribution in [1.29, 1.82) is 0 Å². The minimum absolute atomic E-state index is 0.159. The lowest BCUT2D eigenvalue weighted by Crippen LogP contribution is -2.01. The molecule has 48 valence electrons. The Balaban J connectivity index is 3.01. The quantitative estimate of drug-likeness (QED) is 0.601. The number of pyridine rings is 1. The van der Waals surface area contributed by atoms with E-state index in [1.807, 2.05) is 0 Å². The minimum Gasteiger partial charge on any atom is -0.325 e. The Morgan fingerprint density at radius 3 is 2.89 bits per heavy atom. The number of hydrogen-bond donors (Lipinski definition) is 1. The number of rotatable bonds is 1. The number of nitrogens with zero attached hydrogens (tertiary/aromatic N) is 1. The van der Waals surface area contributed by atoms with E-state index in [-0.39, 0.29) is 12.4 Å². The first kappa shape index (κ1) is 6.16. The Labute approximate surface area is 52.5 Å². The number of nitrogens with two attached hydrogens (primary N) is 1. The van der Waals surface area contributed by atoms with Crippen LogP contribution in [0, 0.1) is 5.82 Å². The van der Waals surface area contributed by atoms with E-state index in [2.05, 4.69) is 4.98 Å². The molecule has 1 aromatic rings. The van der Waals surface area contributed by atoms with Crippen molar-refractivity contribution >= 4 is 0 Å². The molecular formula is C6H7FN2. The number of aromatic nitrogens is 1. The molecule has 0 aliphatic carbocycles. The van der Waals surface area contributed by atoms with Crippen molar-refractivity contribution in [2.24, 2.45) is 5.73 Å². The van der Waals surface area contributed by atoms with Gasteiger partial charge in [0.05, 0.1) is 5.69 Å². The number of hydrogen-bond acceptors (Lipinski definition) is 2. The smallest absolute Gasteiger partial charge is 0.146 e. The molecule has 0 atom stereocenters. The first-order valence-corrected chi connectivity index (χ1v) is 2.64. The normalized spacial score (nSPS) is 9.56. The molecule has 0 spiro atoms. The van der Waals surface area contributed by atoms with Crippen molar-refractivity contribution in [3.8, 4) is 0 Å². The van der Waals surface area contributed by atoms with Crippen LogP contribution in [-0.4, -0.2) is 4.98 Å². The van der Waals surface area contributed by atoms with Crippen LogP contribution in [0.4, 0.5) is 4.39 Å². The van der Waals surface area contributed by atoms with E-state index in [1.54, 1.807) is 0 Å². The molecule has 9 heavy (non-hydrogen) atoms. The molecule has 0 fully saturated rings. The number of halogens is 1. The summed E-state index contributed by atoms with van der Waals surface area (Å²) in [6.07, 6.45) is 1.52. The zero-order valence-electron chi connectivity index (χ0n) is 4.84. The highest BCUT2D eigenvalue weighted by molar-refractivity contribution is 5.05. The van der Waals surface area contributed by atoms with Gasteiger partial charge in [0.2, 0.25) is 0 Å². The van der Waals surface area contributed by atoms with Gasteiger partial charge in [-0.1, -0.05) is 0 Å². The van der Waals surface area contributed by atoms with Gasteiger partial charge in [-0.2, -0.15) is 0 Å². The Hall–Kier alpha value is -0.960. The molecule has 0 bridgehead atoms. The fourth-order valence-electron chi connectivity index (χ4n) is 0.569. The predicted octanol–water partition coefficient (Wildman–Crippen LogP) is 0.679. The summed E-state index contributed by atoms with van der Waals surface area (Å²) in [5.74, 6) is -0.333. The molecule has 3 heteroatoms. The molecule has 0 unspecified atom stereocenters. The topological polar surface area (TPSA) is 38.9 Å². The maximum absolute atomic E-state index is 12.4. The highest BCUT2D eigenvalue weighted by Crippen LogP contribution is 1.99. The highest BCUT2D eigenvalue weighted by atomic mass is 19.1. The summed E-state index contributed by atoms with van der Waals surface area (Å²) in [7, 11) is 0. The summed E-state index contributed by atoms with van der Waals surface area (Å²) in [5, 5.41) is 0. The van der Waals surface area contributed by atoms with Crippen molar-refractivity contribution in [2.45, 2.75) is 6.54 Å². The molecule has 1 heterocycles. The second-order valence-electron chi connectivity index (χ2n) is 1.64. The van der Waals surface area contributed by atoms with Gasteiger partial charge in [0.1, 0.15) is 5.82 Å². The van der Waals surface area contributed by atoms with Crippen LogP contribution in [0.3, 0.4) is 0 Å². The zero-order chi connectivity index (χ0) is 6.69. The van der Waals surface area contributed by atoms with E-state index in [0.29, 0.717) is 5.69 Å². The third kappa shape index (κ3) is 1.23. The lowest BCUT2D eigenvalue weighted by Gasteiger charge is -1.93. The molecule has 0 aliphatic rings. The Bertz CT molecular complexity index is 200. The van der Waals surface area contributed by atoms with Gasteiger partial charge in [-0.05, 0) is 12.1 Å². The molecule has 0 saturated carbocycles. The second kappa shape index (κ2) is 2.55. The van der Waals surface area contributed by atoms with Gasteiger partial charge in [-0.3, -0.25) is 4.98 Å². The van der Waals surface area contributed by atoms with Crippen LogP contribution in [0.2, 0.25) is 0 Å². The lowest BCUT2D eigenvalue weighted by molar-refractivity contribution is 0.600. The molecule has 0 radical (unpaired) electrons. The Morgan fingerprint density at radius 2 is 2.44 bits per heavy atom. The van der Waals surface area contributed by atoms with Crippen molar-refractivity contribution in [3.63, 3.8) is 0 Å². The van der Waals surface area contributed by atoms with E-state index in [0.717, 1.165) is 0 Å². The second-order valence-corrected chi connectivity index (χ2v) is 1.64. The Morgan fingerprint density at radius 1 is 1.67 bits per heavy atom. The van der Waals surface area contributed by atoms with E-state index in [9.17, 15) is 4.39 Å². The highest BCUT2D eigenvalue weighted by Gasteiger charge is 1.96. The summed E-state index contributed by atoms with van der Waals surface area (Å²) in [4.78, 5) is 3.70. The van der Waals surface area contributed by atoms with E-state index in [1.165, 1.54) is 18.3 Å². The molecule has 2 nitrogen and oxygen atoms in total. The fourth-order valence-corrected chi connectivity index (χ4v) is 0.569. The van der Waals surface area contributed by atoms with Crippen molar-refractivity contribution in [3.05, 3.63) is 29.8 Å². The third-order valence-electron chi connectivity index (χ3n) is 1.03. The third-order valence-corrected chi connectivity index (χ3v) is 1.03. The zero-order valence-corrected chi connectivity index (χ0v) is 4.84. The summed E-state index contributed by atoms with van der Waals surface area (Å²) in [6.45, 7) is 0.159. The van der Waals surface area contributed by atoms with Crippen LogP contribution in [0.15, 0.2) is 18.3 Å². The van der Waals surface area contributed by atoms with Crippen LogP contribution < -0.4 is 5.73 Å². The van der Waals surface area contributed by atoms with Crippen LogP contribution in [0.1, 0.15) is 5.69 Å². The Kier molecular flexibility index (Phi) is 1.75. The summed E-state index contributed by atoms with van der Waals surface area (Å²) < 4.78 is 12.4. The molecular weight excluding hydrogens is 119 g/mol. The largest absolute Gasteiger partial charge is 0.325 e. The van der Waals surface area contributed by atoms with E-state index in [4.69, 9.17) is 5.73 Å².